The average Bonchev–Trinajstić information content (AvgIpc) is 3.06. The number of anilines is 1. The number of rotatable bonds is 3. The zero-order chi connectivity index (χ0) is 18.1. The molecule has 0 spiro atoms. The van der Waals surface area contributed by atoms with Crippen molar-refractivity contribution >= 4 is 29.0 Å². The van der Waals surface area contributed by atoms with Crippen LogP contribution in [0.2, 0.25) is 5.15 Å². The monoisotopic (exact) mass is 370 g/mol. The maximum Gasteiger partial charge on any atom is 0.271 e. The van der Waals surface area contributed by atoms with Gasteiger partial charge in [0.25, 0.3) is 5.91 Å². The van der Waals surface area contributed by atoms with Gasteiger partial charge in [0.1, 0.15) is 11.3 Å². The predicted molar refractivity (Wildman–Crippen MR) is 99.7 cm³/mol. The average molecular weight is 371 g/mol. The van der Waals surface area contributed by atoms with Crippen LogP contribution < -0.4 is 10.2 Å². The predicted octanol–water partition coefficient (Wildman–Crippen LogP) is 2.48. The smallest absolute Gasteiger partial charge is 0.271 e. The second-order valence-electron chi connectivity index (χ2n) is 6.55. The molecule has 3 aromatic rings. The molecule has 1 saturated heterocycles. The number of nitrogens with zero attached hydrogens (tertiary/aromatic N) is 5. The first-order valence-corrected chi connectivity index (χ1v) is 8.97. The standard InChI is InChI=1S/C18H19ClN6O/c1-12-2-4-16-21-14(11-25(16)10-12)18(26)20-13-6-8-24(9-7-13)17-5-3-15(19)22-23-17/h2-5,10-11,13H,6-9H2,1H3,(H,20,26). The van der Waals surface area contributed by atoms with Crippen LogP contribution in [0.25, 0.3) is 5.65 Å². The zero-order valence-electron chi connectivity index (χ0n) is 14.4. The van der Waals surface area contributed by atoms with E-state index in [1.807, 2.05) is 35.7 Å². The molecule has 4 heterocycles. The molecule has 1 fully saturated rings. The Morgan fingerprint density at radius 2 is 1.96 bits per heavy atom. The molecular formula is C18H19ClN6O. The van der Waals surface area contributed by atoms with Crippen molar-refractivity contribution in [3.05, 3.63) is 53.1 Å². The van der Waals surface area contributed by atoms with E-state index in [-0.39, 0.29) is 11.9 Å². The van der Waals surface area contributed by atoms with E-state index in [9.17, 15) is 4.79 Å². The Morgan fingerprint density at radius 3 is 2.69 bits per heavy atom. The SMILES string of the molecule is Cc1ccc2nc(C(=O)NC3CCN(c4ccc(Cl)nn4)CC3)cn2c1. The van der Waals surface area contributed by atoms with Gasteiger partial charge >= 0.3 is 0 Å². The number of imidazole rings is 1. The van der Waals surface area contributed by atoms with Crippen LogP contribution in [0.1, 0.15) is 28.9 Å². The highest BCUT2D eigenvalue weighted by Gasteiger charge is 2.23. The number of hydrogen-bond donors (Lipinski definition) is 1. The summed E-state index contributed by atoms with van der Waals surface area (Å²) in [5, 5.41) is 11.5. The molecular weight excluding hydrogens is 352 g/mol. The van der Waals surface area contributed by atoms with E-state index >= 15 is 0 Å². The Labute approximate surface area is 156 Å². The van der Waals surface area contributed by atoms with Gasteiger partial charge in [-0.2, -0.15) is 0 Å². The van der Waals surface area contributed by atoms with Crippen molar-refractivity contribution in [3.63, 3.8) is 0 Å². The van der Waals surface area contributed by atoms with Gasteiger partial charge in [0.2, 0.25) is 0 Å². The molecule has 4 rings (SSSR count). The molecule has 1 aliphatic rings. The first-order chi connectivity index (χ1) is 12.6. The Balaban J connectivity index is 1.37. The van der Waals surface area contributed by atoms with Crippen LogP contribution in [0.5, 0.6) is 0 Å². The van der Waals surface area contributed by atoms with Crippen LogP contribution in [0.15, 0.2) is 36.7 Å². The molecule has 0 unspecified atom stereocenters. The third-order valence-corrected chi connectivity index (χ3v) is 4.81. The van der Waals surface area contributed by atoms with E-state index in [2.05, 4.69) is 25.4 Å². The number of piperidine rings is 1. The van der Waals surface area contributed by atoms with Crippen molar-refractivity contribution in [1.29, 1.82) is 0 Å². The minimum absolute atomic E-state index is 0.129. The van der Waals surface area contributed by atoms with Gasteiger partial charge in [-0.15, -0.1) is 10.2 Å². The molecule has 7 nitrogen and oxygen atoms in total. The van der Waals surface area contributed by atoms with E-state index in [1.165, 1.54) is 0 Å². The Hall–Kier alpha value is -2.67. The summed E-state index contributed by atoms with van der Waals surface area (Å²) in [7, 11) is 0. The molecule has 1 amide bonds. The van der Waals surface area contributed by atoms with E-state index < -0.39 is 0 Å². The highest BCUT2D eigenvalue weighted by Crippen LogP contribution is 2.18. The summed E-state index contributed by atoms with van der Waals surface area (Å²) < 4.78 is 1.88. The fourth-order valence-corrected chi connectivity index (χ4v) is 3.30. The molecule has 26 heavy (non-hydrogen) atoms. The lowest BCUT2D eigenvalue weighted by molar-refractivity contribution is 0.0926. The third kappa shape index (κ3) is 3.48. The Morgan fingerprint density at radius 1 is 1.15 bits per heavy atom. The highest BCUT2D eigenvalue weighted by molar-refractivity contribution is 6.29. The molecule has 1 N–H and O–H groups in total. The van der Waals surface area contributed by atoms with Crippen molar-refractivity contribution in [1.82, 2.24) is 24.9 Å². The maximum atomic E-state index is 12.5. The molecule has 134 valence electrons. The number of aromatic nitrogens is 4. The molecule has 0 aliphatic carbocycles. The molecule has 0 saturated carbocycles. The number of carbonyl (C=O) groups excluding carboxylic acids is 1. The highest BCUT2D eigenvalue weighted by atomic mass is 35.5. The Bertz CT molecular complexity index is 931. The number of fused-ring (bicyclic) bond motifs is 1. The second-order valence-corrected chi connectivity index (χ2v) is 6.93. The van der Waals surface area contributed by atoms with Crippen molar-refractivity contribution in [3.8, 4) is 0 Å². The maximum absolute atomic E-state index is 12.5. The van der Waals surface area contributed by atoms with Gasteiger partial charge in [0.05, 0.1) is 0 Å². The van der Waals surface area contributed by atoms with Gasteiger partial charge in [-0.3, -0.25) is 4.79 Å². The number of aryl methyl sites for hydroxylation is 1. The molecule has 8 heteroatoms. The molecule has 3 aromatic heterocycles. The van der Waals surface area contributed by atoms with Crippen LogP contribution in [0, 0.1) is 6.92 Å². The van der Waals surface area contributed by atoms with Crippen LogP contribution in [-0.2, 0) is 0 Å². The van der Waals surface area contributed by atoms with Gasteiger partial charge in [-0.05, 0) is 43.5 Å². The van der Waals surface area contributed by atoms with E-state index in [1.54, 1.807) is 12.3 Å². The van der Waals surface area contributed by atoms with Crippen LogP contribution in [0.3, 0.4) is 0 Å². The summed E-state index contributed by atoms with van der Waals surface area (Å²) in [5.41, 5.74) is 2.35. The second kappa shape index (κ2) is 6.92. The number of amides is 1. The largest absolute Gasteiger partial charge is 0.355 e. The number of hydrogen-bond acceptors (Lipinski definition) is 5. The number of halogens is 1. The van der Waals surface area contributed by atoms with Gasteiger partial charge in [0.15, 0.2) is 11.0 Å². The summed E-state index contributed by atoms with van der Waals surface area (Å²) >= 11 is 5.78. The molecule has 1 aliphatic heterocycles. The lowest BCUT2D eigenvalue weighted by Crippen LogP contribution is -2.45. The van der Waals surface area contributed by atoms with Crippen LogP contribution in [0.4, 0.5) is 5.82 Å². The summed E-state index contributed by atoms with van der Waals surface area (Å²) in [6.07, 6.45) is 5.44. The fraction of sp³-hybridized carbons (Fsp3) is 0.333. The molecule has 0 bridgehead atoms. The molecule has 0 atom stereocenters. The number of nitrogens with one attached hydrogen (secondary N) is 1. The summed E-state index contributed by atoms with van der Waals surface area (Å²) in [4.78, 5) is 19.1. The van der Waals surface area contributed by atoms with Gasteiger partial charge in [-0.1, -0.05) is 17.7 Å². The quantitative estimate of drug-likeness (QED) is 0.766. The van der Waals surface area contributed by atoms with E-state index in [0.717, 1.165) is 43.0 Å². The minimum Gasteiger partial charge on any atom is -0.355 e. The normalized spacial score (nSPS) is 15.4. The molecule has 0 radical (unpaired) electrons. The molecule has 0 aromatic carbocycles. The summed E-state index contributed by atoms with van der Waals surface area (Å²) in [5.74, 6) is 0.686. The van der Waals surface area contributed by atoms with Crippen molar-refractivity contribution in [2.45, 2.75) is 25.8 Å². The lowest BCUT2D eigenvalue weighted by Gasteiger charge is -2.32. The lowest BCUT2D eigenvalue weighted by atomic mass is 10.0. The Kier molecular flexibility index (Phi) is 4.46. The van der Waals surface area contributed by atoms with Crippen molar-refractivity contribution in [2.24, 2.45) is 0 Å². The minimum atomic E-state index is -0.129. The van der Waals surface area contributed by atoms with Crippen molar-refractivity contribution < 1.29 is 4.79 Å². The van der Waals surface area contributed by atoms with E-state index in [4.69, 9.17) is 11.6 Å². The van der Waals surface area contributed by atoms with Gasteiger partial charge in [0, 0.05) is 31.5 Å². The first-order valence-electron chi connectivity index (χ1n) is 8.59. The van der Waals surface area contributed by atoms with Crippen LogP contribution in [-0.4, -0.2) is 44.6 Å². The van der Waals surface area contributed by atoms with Crippen molar-refractivity contribution in [2.75, 3.05) is 18.0 Å². The van der Waals surface area contributed by atoms with Crippen LogP contribution >= 0.6 is 11.6 Å². The summed E-state index contributed by atoms with van der Waals surface area (Å²) in [6.45, 7) is 3.63. The van der Waals surface area contributed by atoms with E-state index in [0.29, 0.717) is 10.8 Å². The van der Waals surface area contributed by atoms with Gasteiger partial charge in [-0.25, -0.2) is 4.98 Å². The number of carbonyl (C=O) groups is 1. The zero-order valence-corrected chi connectivity index (χ0v) is 15.1. The summed E-state index contributed by atoms with van der Waals surface area (Å²) in [6, 6.07) is 7.64. The van der Waals surface area contributed by atoms with Gasteiger partial charge < -0.3 is 14.6 Å². The topological polar surface area (TPSA) is 75.4 Å². The third-order valence-electron chi connectivity index (χ3n) is 4.60. The number of pyridine rings is 1. The fourth-order valence-electron chi connectivity index (χ4n) is 3.20. The first kappa shape index (κ1) is 16.8.